The van der Waals surface area contributed by atoms with E-state index < -0.39 is 0 Å². The van der Waals surface area contributed by atoms with E-state index >= 15 is 0 Å². The number of methoxy groups -OCH3 is 4. The SMILES string of the molecule is COc1cccc(-c2n[nH]c(=S)n2N=Cc2c(OC)cc(OC)cc2OC)c1. The first-order valence-electron chi connectivity index (χ1n) is 8.27. The molecule has 0 bridgehead atoms. The third kappa shape index (κ3) is 3.84. The van der Waals surface area contributed by atoms with Crippen LogP contribution in [0.15, 0.2) is 41.5 Å². The quantitative estimate of drug-likeness (QED) is 0.483. The number of nitrogens with zero attached hydrogens (tertiary/aromatic N) is 3. The van der Waals surface area contributed by atoms with E-state index in [1.165, 1.54) is 4.68 Å². The maximum Gasteiger partial charge on any atom is 0.216 e. The van der Waals surface area contributed by atoms with Crippen LogP contribution < -0.4 is 18.9 Å². The van der Waals surface area contributed by atoms with Crippen LogP contribution in [0.2, 0.25) is 0 Å². The molecule has 2 aromatic carbocycles. The van der Waals surface area contributed by atoms with Crippen LogP contribution in [0, 0.1) is 4.77 Å². The number of ether oxygens (including phenoxy) is 4. The summed E-state index contributed by atoms with van der Waals surface area (Å²) in [6.07, 6.45) is 1.60. The van der Waals surface area contributed by atoms with Crippen molar-refractivity contribution in [1.82, 2.24) is 14.9 Å². The minimum atomic E-state index is 0.348. The lowest BCUT2D eigenvalue weighted by Crippen LogP contribution is -2.00. The van der Waals surface area contributed by atoms with Gasteiger partial charge in [-0.15, -0.1) is 0 Å². The van der Waals surface area contributed by atoms with Gasteiger partial charge in [-0.05, 0) is 24.4 Å². The van der Waals surface area contributed by atoms with Crippen molar-refractivity contribution in [2.45, 2.75) is 0 Å². The molecule has 3 aromatic rings. The second-order valence-corrected chi connectivity index (χ2v) is 5.97. The van der Waals surface area contributed by atoms with E-state index in [9.17, 15) is 0 Å². The summed E-state index contributed by atoms with van der Waals surface area (Å²) < 4.78 is 23.3. The molecule has 3 rings (SSSR count). The Kier molecular flexibility index (Phi) is 5.95. The Hall–Kier alpha value is -3.33. The van der Waals surface area contributed by atoms with Gasteiger partial charge in [0.15, 0.2) is 5.82 Å². The van der Waals surface area contributed by atoms with Gasteiger partial charge in [-0.1, -0.05) is 12.1 Å². The van der Waals surface area contributed by atoms with Crippen molar-refractivity contribution in [1.29, 1.82) is 0 Å². The fourth-order valence-electron chi connectivity index (χ4n) is 2.62. The van der Waals surface area contributed by atoms with E-state index in [1.807, 2.05) is 24.3 Å². The van der Waals surface area contributed by atoms with Crippen molar-refractivity contribution in [3.63, 3.8) is 0 Å². The molecule has 0 saturated heterocycles. The summed E-state index contributed by atoms with van der Waals surface area (Å²) >= 11 is 5.33. The maximum atomic E-state index is 5.45. The second kappa shape index (κ2) is 8.57. The van der Waals surface area contributed by atoms with Gasteiger partial charge in [0, 0.05) is 17.7 Å². The van der Waals surface area contributed by atoms with Gasteiger partial charge in [0.25, 0.3) is 0 Å². The normalized spacial score (nSPS) is 10.9. The number of aromatic nitrogens is 3. The van der Waals surface area contributed by atoms with Crippen molar-refractivity contribution < 1.29 is 18.9 Å². The average Bonchev–Trinajstić information content (AvgIpc) is 3.11. The van der Waals surface area contributed by atoms with Gasteiger partial charge in [-0.25, -0.2) is 5.10 Å². The van der Waals surface area contributed by atoms with Gasteiger partial charge in [-0.2, -0.15) is 14.9 Å². The van der Waals surface area contributed by atoms with Gasteiger partial charge in [0.1, 0.15) is 23.0 Å². The zero-order valence-electron chi connectivity index (χ0n) is 15.9. The predicted octanol–water partition coefficient (Wildman–Crippen LogP) is 3.52. The first kappa shape index (κ1) is 19.4. The molecule has 0 aliphatic rings. The van der Waals surface area contributed by atoms with Crippen molar-refractivity contribution in [3.05, 3.63) is 46.7 Å². The highest BCUT2D eigenvalue weighted by atomic mass is 32.1. The molecule has 1 heterocycles. The summed E-state index contributed by atoms with van der Waals surface area (Å²) in [6.45, 7) is 0. The highest BCUT2D eigenvalue weighted by molar-refractivity contribution is 7.71. The lowest BCUT2D eigenvalue weighted by Gasteiger charge is -2.12. The highest BCUT2D eigenvalue weighted by Gasteiger charge is 2.13. The Labute approximate surface area is 167 Å². The molecule has 0 fully saturated rings. The summed E-state index contributed by atoms with van der Waals surface area (Å²) in [5.74, 6) is 2.98. The Balaban J connectivity index is 2.07. The van der Waals surface area contributed by atoms with E-state index in [1.54, 1.807) is 46.8 Å². The topological polar surface area (TPSA) is 82.9 Å². The summed E-state index contributed by atoms with van der Waals surface area (Å²) in [7, 11) is 6.32. The summed E-state index contributed by atoms with van der Waals surface area (Å²) in [5, 5.41) is 11.5. The number of rotatable bonds is 7. The van der Waals surface area contributed by atoms with Crippen LogP contribution in [0.1, 0.15) is 5.56 Å². The average molecular weight is 400 g/mol. The summed E-state index contributed by atoms with van der Waals surface area (Å²) in [6, 6.07) is 11.0. The molecular weight excluding hydrogens is 380 g/mol. The molecule has 0 spiro atoms. The van der Waals surface area contributed by atoms with Crippen molar-refractivity contribution in [3.8, 4) is 34.4 Å². The molecule has 8 nitrogen and oxygen atoms in total. The van der Waals surface area contributed by atoms with Crippen LogP contribution >= 0.6 is 12.2 Å². The first-order chi connectivity index (χ1) is 13.6. The molecule has 0 saturated carbocycles. The lowest BCUT2D eigenvalue weighted by atomic mass is 10.2. The van der Waals surface area contributed by atoms with Crippen LogP contribution in [0.4, 0.5) is 0 Å². The Morgan fingerprint density at radius 3 is 2.25 bits per heavy atom. The van der Waals surface area contributed by atoms with Gasteiger partial charge in [0.2, 0.25) is 4.77 Å². The molecule has 28 heavy (non-hydrogen) atoms. The van der Waals surface area contributed by atoms with E-state index in [2.05, 4.69) is 15.3 Å². The standard InChI is InChI=1S/C19H20N4O4S/c1-24-13-7-5-6-12(8-13)18-21-22-19(28)23(18)20-11-15-16(26-3)9-14(25-2)10-17(15)27-4/h5-11H,1-4H3,(H,22,28). The Morgan fingerprint density at radius 2 is 1.64 bits per heavy atom. The fraction of sp³-hybridized carbons (Fsp3) is 0.211. The van der Waals surface area contributed by atoms with E-state index in [4.69, 9.17) is 31.2 Å². The van der Waals surface area contributed by atoms with Gasteiger partial charge in [-0.3, -0.25) is 0 Å². The third-order valence-corrected chi connectivity index (χ3v) is 4.30. The molecule has 0 aliphatic heterocycles. The molecule has 0 unspecified atom stereocenters. The molecule has 0 atom stereocenters. The molecule has 146 valence electrons. The van der Waals surface area contributed by atoms with Crippen LogP contribution in [0.25, 0.3) is 11.4 Å². The minimum absolute atomic E-state index is 0.348. The van der Waals surface area contributed by atoms with Crippen LogP contribution in [-0.4, -0.2) is 49.5 Å². The monoisotopic (exact) mass is 400 g/mol. The molecule has 1 N–H and O–H groups in total. The smallest absolute Gasteiger partial charge is 0.216 e. The first-order valence-corrected chi connectivity index (χ1v) is 8.68. The molecular formula is C19H20N4O4S. The van der Waals surface area contributed by atoms with Crippen LogP contribution in [0.3, 0.4) is 0 Å². The second-order valence-electron chi connectivity index (χ2n) is 5.59. The minimum Gasteiger partial charge on any atom is -0.497 e. The van der Waals surface area contributed by atoms with Gasteiger partial charge in [0.05, 0.1) is 40.2 Å². The van der Waals surface area contributed by atoms with Gasteiger partial charge >= 0.3 is 0 Å². The van der Waals surface area contributed by atoms with Crippen LogP contribution in [-0.2, 0) is 0 Å². The summed E-state index contributed by atoms with van der Waals surface area (Å²) in [5.41, 5.74) is 1.45. The number of nitrogens with one attached hydrogen (secondary N) is 1. The lowest BCUT2D eigenvalue weighted by molar-refractivity contribution is 0.374. The number of hydrogen-bond acceptors (Lipinski definition) is 7. The zero-order valence-corrected chi connectivity index (χ0v) is 16.7. The van der Waals surface area contributed by atoms with Crippen molar-refractivity contribution >= 4 is 18.4 Å². The molecule has 1 aromatic heterocycles. The zero-order chi connectivity index (χ0) is 20.1. The molecule has 0 aliphatic carbocycles. The Bertz CT molecular complexity index is 1030. The van der Waals surface area contributed by atoms with E-state index in [0.29, 0.717) is 39.2 Å². The summed E-state index contributed by atoms with van der Waals surface area (Å²) in [4.78, 5) is 0. The van der Waals surface area contributed by atoms with Crippen LogP contribution in [0.5, 0.6) is 23.0 Å². The third-order valence-electron chi connectivity index (χ3n) is 4.03. The largest absolute Gasteiger partial charge is 0.497 e. The Morgan fingerprint density at radius 1 is 0.964 bits per heavy atom. The highest BCUT2D eigenvalue weighted by Crippen LogP contribution is 2.33. The van der Waals surface area contributed by atoms with Crippen molar-refractivity contribution in [2.75, 3.05) is 28.4 Å². The molecule has 0 amide bonds. The fourth-order valence-corrected chi connectivity index (χ4v) is 2.80. The number of H-pyrrole nitrogens is 1. The van der Waals surface area contributed by atoms with Crippen molar-refractivity contribution in [2.24, 2.45) is 5.10 Å². The number of aromatic amines is 1. The van der Waals surface area contributed by atoms with E-state index in [-0.39, 0.29) is 0 Å². The van der Waals surface area contributed by atoms with E-state index in [0.717, 1.165) is 5.56 Å². The maximum absolute atomic E-state index is 5.45. The predicted molar refractivity (Wildman–Crippen MR) is 108 cm³/mol. The van der Waals surface area contributed by atoms with Gasteiger partial charge < -0.3 is 18.9 Å². The molecule has 0 radical (unpaired) electrons. The number of hydrogen-bond donors (Lipinski definition) is 1. The molecule has 9 heteroatoms. The number of benzene rings is 2.